The predicted octanol–water partition coefficient (Wildman–Crippen LogP) is 5.67. The molecule has 0 fully saturated rings. The molecule has 3 heteroatoms. The second kappa shape index (κ2) is 7.75. The Balaban J connectivity index is 1.82. The summed E-state index contributed by atoms with van der Waals surface area (Å²) in [5.74, 6) is 0.960. The van der Waals surface area contributed by atoms with Crippen molar-refractivity contribution in [3.05, 3.63) is 90.0 Å². The molecule has 0 aliphatic rings. The molecule has 0 saturated carbocycles. The van der Waals surface area contributed by atoms with Gasteiger partial charge in [-0.25, -0.2) is 0 Å². The Hall–Kier alpha value is -2.94. The van der Waals surface area contributed by atoms with E-state index < -0.39 is 0 Å². The average molecular weight is 334 g/mol. The molecular formula is C22H22O3. The van der Waals surface area contributed by atoms with E-state index >= 15 is 0 Å². The van der Waals surface area contributed by atoms with Crippen molar-refractivity contribution in [2.45, 2.75) is 26.1 Å². The van der Waals surface area contributed by atoms with Gasteiger partial charge in [-0.15, -0.1) is 0 Å². The Bertz CT molecular complexity index is 800. The van der Waals surface area contributed by atoms with Crippen LogP contribution < -0.4 is 9.47 Å². The van der Waals surface area contributed by atoms with Crippen molar-refractivity contribution in [3.63, 3.8) is 0 Å². The van der Waals surface area contributed by atoms with Crippen molar-refractivity contribution in [2.24, 2.45) is 0 Å². The number of hydrogen-bond donors (Lipinski definition) is 1. The third kappa shape index (κ3) is 4.13. The molecule has 0 amide bonds. The number of para-hydroxylation sites is 1. The van der Waals surface area contributed by atoms with Gasteiger partial charge in [0.1, 0.15) is 12.2 Å². The molecular weight excluding hydrogens is 312 g/mol. The Morgan fingerprint density at radius 2 is 1.16 bits per heavy atom. The minimum atomic E-state index is -0.205. The van der Waals surface area contributed by atoms with Crippen LogP contribution >= 0.6 is 0 Å². The standard InChI is InChI=1S/C22H22O3/c1-16(18-10-5-3-6-11-18)24-21-15-9-14-20(23)22(21)25-17(2)19-12-7-4-8-13-19/h3-17,23H,1-2H3. The summed E-state index contributed by atoms with van der Waals surface area (Å²) in [5.41, 5.74) is 2.10. The highest BCUT2D eigenvalue weighted by atomic mass is 16.5. The molecule has 0 aliphatic carbocycles. The van der Waals surface area contributed by atoms with E-state index in [1.807, 2.05) is 80.6 Å². The lowest BCUT2D eigenvalue weighted by atomic mass is 10.1. The molecule has 3 rings (SSSR count). The van der Waals surface area contributed by atoms with E-state index in [0.717, 1.165) is 11.1 Å². The molecule has 3 aromatic rings. The molecule has 1 N–H and O–H groups in total. The number of benzene rings is 3. The Morgan fingerprint density at radius 1 is 0.640 bits per heavy atom. The molecule has 128 valence electrons. The fourth-order valence-corrected chi connectivity index (χ4v) is 2.67. The van der Waals surface area contributed by atoms with Gasteiger partial charge in [0, 0.05) is 0 Å². The number of rotatable bonds is 6. The maximum atomic E-state index is 10.3. The summed E-state index contributed by atoms with van der Waals surface area (Å²) in [7, 11) is 0. The maximum Gasteiger partial charge on any atom is 0.203 e. The molecule has 3 aromatic carbocycles. The highest BCUT2D eigenvalue weighted by molar-refractivity contribution is 5.51. The van der Waals surface area contributed by atoms with Crippen LogP contribution in [-0.4, -0.2) is 5.11 Å². The van der Waals surface area contributed by atoms with E-state index in [4.69, 9.17) is 9.47 Å². The van der Waals surface area contributed by atoms with Crippen molar-refractivity contribution in [2.75, 3.05) is 0 Å². The van der Waals surface area contributed by atoms with Crippen LogP contribution in [0, 0.1) is 0 Å². The number of aromatic hydroxyl groups is 1. The van der Waals surface area contributed by atoms with Crippen LogP contribution in [0.25, 0.3) is 0 Å². The SMILES string of the molecule is CC(Oc1cccc(O)c1OC(C)c1ccccc1)c1ccccc1. The molecule has 2 atom stereocenters. The van der Waals surface area contributed by atoms with Gasteiger partial charge in [-0.1, -0.05) is 66.7 Å². The van der Waals surface area contributed by atoms with Gasteiger partial charge in [0.15, 0.2) is 11.5 Å². The largest absolute Gasteiger partial charge is 0.504 e. The van der Waals surface area contributed by atoms with E-state index in [0.29, 0.717) is 11.5 Å². The topological polar surface area (TPSA) is 38.7 Å². The van der Waals surface area contributed by atoms with Crippen LogP contribution in [0.3, 0.4) is 0 Å². The van der Waals surface area contributed by atoms with E-state index in [1.165, 1.54) is 0 Å². The smallest absolute Gasteiger partial charge is 0.203 e. The van der Waals surface area contributed by atoms with Gasteiger partial charge < -0.3 is 14.6 Å². The third-order valence-electron chi connectivity index (χ3n) is 4.09. The molecule has 0 spiro atoms. The predicted molar refractivity (Wildman–Crippen MR) is 99.1 cm³/mol. The molecule has 2 unspecified atom stereocenters. The van der Waals surface area contributed by atoms with Crippen LogP contribution in [0.2, 0.25) is 0 Å². The van der Waals surface area contributed by atoms with Gasteiger partial charge >= 0.3 is 0 Å². The van der Waals surface area contributed by atoms with E-state index in [2.05, 4.69) is 0 Å². The van der Waals surface area contributed by atoms with Gasteiger partial charge in [0.05, 0.1) is 0 Å². The van der Waals surface area contributed by atoms with Gasteiger partial charge in [0.25, 0.3) is 0 Å². The highest BCUT2D eigenvalue weighted by Crippen LogP contribution is 2.40. The Labute approximate surface area is 148 Å². The van der Waals surface area contributed by atoms with Gasteiger partial charge in [-0.3, -0.25) is 0 Å². The van der Waals surface area contributed by atoms with Crippen LogP contribution in [0.1, 0.15) is 37.2 Å². The first-order valence-corrected chi connectivity index (χ1v) is 8.40. The average Bonchev–Trinajstić information content (AvgIpc) is 2.66. The van der Waals surface area contributed by atoms with Gasteiger partial charge in [-0.05, 0) is 37.1 Å². The fourth-order valence-electron chi connectivity index (χ4n) is 2.67. The first kappa shape index (κ1) is 16.9. The quantitative estimate of drug-likeness (QED) is 0.631. The van der Waals surface area contributed by atoms with Crippen molar-refractivity contribution in [1.82, 2.24) is 0 Å². The lowest BCUT2D eigenvalue weighted by molar-refractivity contribution is 0.178. The van der Waals surface area contributed by atoms with Gasteiger partial charge in [-0.2, -0.15) is 0 Å². The molecule has 0 radical (unpaired) electrons. The fraction of sp³-hybridized carbons (Fsp3) is 0.182. The van der Waals surface area contributed by atoms with Crippen molar-refractivity contribution >= 4 is 0 Å². The molecule has 0 saturated heterocycles. The van der Waals surface area contributed by atoms with Gasteiger partial charge in [0.2, 0.25) is 5.75 Å². The summed E-state index contributed by atoms with van der Waals surface area (Å²) in [6, 6.07) is 25.0. The summed E-state index contributed by atoms with van der Waals surface area (Å²) in [4.78, 5) is 0. The number of ether oxygens (including phenoxy) is 2. The molecule has 3 nitrogen and oxygen atoms in total. The summed E-state index contributed by atoms with van der Waals surface area (Å²) < 4.78 is 12.1. The van der Waals surface area contributed by atoms with Crippen LogP contribution in [0.5, 0.6) is 17.2 Å². The van der Waals surface area contributed by atoms with E-state index in [-0.39, 0.29) is 18.0 Å². The summed E-state index contributed by atoms with van der Waals surface area (Å²) in [6.45, 7) is 3.93. The lowest BCUT2D eigenvalue weighted by Crippen LogP contribution is -2.07. The molecule has 0 heterocycles. The lowest BCUT2D eigenvalue weighted by Gasteiger charge is -2.21. The summed E-state index contributed by atoms with van der Waals surface area (Å²) in [5, 5.41) is 10.3. The molecule has 0 bridgehead atoms. The van der Waals surface area contributed by atoms with Crippen molar-refractivity contribution in [3.8, 4) is 17.2 Å². The normalized spacial score (nSPS) is 13.0. The second-order valence-corrected chi connectivity index (χ2v) is 5.95. The molecule has 25 heavy (non-hydrogen) atoms. The monoisotopic (exact) mass is 334 g/mol. The minimum Gasteiger partial charge on any atom is -0.504 e. The Morgan fingerprint density at radius 3 is 1.72 bits per heavy atom. The van der Waals surface area contributed by atoms with Crippen LogP contribution in [0.15, 0.2) is 78.9 Å². The van der Waals surface area contributed by atoms with Crippen molar-refractivity contribution < 1.29 is 14.6 Å². The molecule has 0 aliphatic heterocycles. The summed E-state index contributed by atoms with van der Waals surface area (Å²) >= 11 is 0. The maximum absolute atomic E-state index is 10.3. The van der Waals surface area contributed by atoms with E-state index in [1.54, 1.807) is 12.1 Å². The zero-order valence-electron chi connectivity index (χ0n) is 14.4. The first-order chi connectivity index (χ1) is 12.1. The second-order valence-electron chi connectivity index (χ2n) is 5.95. The van der Waals surface area contributed by atoms with Crippen molar-refractivity contribution in [1.29, 1.82) is 0 Å². The highest BCUT2D eigenvalue weighted by Gasteiger charge is 2.17. The van der Waals surface area contributed by atoms with Crippen LogP contribution in [-0.2, 0) is 0 Å². The number of phenolic OH excluding ortho intramolecular Hbond substituents is 1. The third-order valence-corrected chi connectivity index (χ3v) is 4.09. The van der Waals surface area contributed by atoms with Crippen LogP contribution in [0.4, 0.5) is 0 Å². The Kier molecular flexibility index (Phi) is 5.24. The summed E-state index contributed by atoms with van der Waals surface area (Å²) in [6.07, 6.45) is -0.360. The minimum absolute atomic E-state index is 0.0699. The molecule has 0 aromatic heterocycles. The number of hydrogen-bond acceptors (Lipinski definition) is 3. The first-order valence-electron chi connectivity index (χ1n) is 8.40. The van der Waals surface area contributed by atoms with E-state index in [9.17, 15) is 5.11 Å². The number of phenols is 1. The zero-order valence-corrected chi connectivity index (χ0v) is 14.4. The zero-order chi connectivity index (χ0) is 17.6.